The van der Waals surface area contributed by atoms with Crippen LogP contribution < -0.4 is 5.32 Å². The van der Waals surface area contributed by atoms with Crippen molar-refractivity contribution in [1.29, 1.82) is 0 Å². The van der Waals surface area contributed by atoms with Gasteiger partial charge in [0.05, 0.1) is 23.7 Å². The minimum atomic E-state index is -3.01. The van der Waals surface area contributed by atoms with Crippen molar-refractivity contribution < 1.29 is 13.5 Å². The van der Waals surface area contributed by atoms with Gasteiger partial charge in [-0.3, -0.25) is 0 Å². The number of hydrogen-bond donors (Lipinski definition) is 2. The Balaban J connectivity index is 2.04. The van der Waals surface area contributed by atoms with Crippen molar-refractivity contribution in [1.82, 2.24) is 5.32 Å². The summed E-state index contributed by atoms with van der Waals surface area (Å²) in [5.41, 5.74) is -0.652. The summed E-state index contributed by atoms with van der Waals surface area (Å²) in [6.07, 6.45) is 1.34. The van der Waals surface area contributed by atoms with Gasteiger partial charge >= 0.3 is 0 Å². The van der Waals surface area contributed by atoms with Crippen LogP contribution in [0.4, 0.5) is 0 Å². The van der Waals surface area contributed by atoms with Gasteiger partial charge in [-0.15, -0.1) is 11.3 Å². The molecule has 0 radical (unpaired) electrons. The summed E-state index contributed by atoms with van der Waals surface area (Å²) in [6, 6.07) is 3.96. The van der Waals surface area contributed by atoms with Crippen LogP contribution in [0.5, 0.6) is 0 Å². The molecular weight excluding hydrogens is 258 g/mol. The first-order valence-corrected chi connectivity index (χ1v) is 8.34. The molecule has 0 spiro atoms. The molecule has 1 aliphatic heterocycles. The zero-order chi connectivity index (χ0) is 12.4. The van der Waals surface area contributed by atoms with Crippen molar-refractivity contribution in [3.8, 4) is 0 Å². The van der Waals surface area contributed by atoms with Crippen molar-refractivity contribution in [3.63, 3.8) is 0 Å². The molecule has 2 rings (SSSR count). The van der Waals surface area contributed by atoms with Gasteiger partial charge in [0.1, 0.15) is 0 Å². The number of sulfone groups is 1. The van der Waals surface area contributed by atoms with Gasteiger partial charge in [-0.05, 0) is 24.3 Å². The summed E-state index contributed by atoms with van der Waals surface area (Å²) in [6.45, 7) is 0.491. The SMILES string of the molecule is O=S1(=O)CCCC(CO)(NCc2cccs2)C1. The van der Waals surface area contributed by atoms with E-state index in [1.807, 2.05) is 17.5 Å². The van der Waals surface area contributed by atoms with Crippen molar-refractivity contribution >= 4 is 21.2 Å². The molecule has 1 aromatic heterocycles. The Kier molecular flexibility index (Phi) is 3.87. The fourth-order valence-electron chi connectivity index (χ4n) is 2.20. The number of nitrogens with one attached hydrogen (secondary N) is 1. The summed E-state index contributed by atoms with van der Waals surface area (Å²) in [5, 5.41) is 14.7. The average Bonchev–Trinajstić information content (AvgIpc) is 2.78. The lowest BCUT2D eigenvalue weighted by molar-refractivity contribution is 0.162. The van der Waals surface area contributed by atoms with E-state index in [1.165, 1.54) is 0 Å². The predicted octanol–water partition coefficient (Wildman–Crippen LogP) is 0.777. The summed E-state index contributed by atoms with van der Waals surface area (Å²) >= 11 is 1.63. The fraction of sp³-hybridized carbons (Fsp3) is 0.636. The van der Waals surface area contributed by atoms with E-state index in [1.54, 1.807) is 11.3 Å². The highest BCUT2D eigenvalue weighted by Gasteiger charge is 2.38. The number of aliphatic hydroxyl groups is 1. The Morgan fingerprint density at radius 1 is 1.53 bits per heavy atom. The molecule has 1 aromatic rings. The molecule has 1 atom stereocenters. The second kappa shape index (κ2) is 5.06. The summed E-state index contributed by atoms with van der Waals surface area (Å²) in [5.74, 6) is 0.289. The molecular formula is C11H17NO3S2. The Hall–Kier alpha value is -0.430. The first kappa shape index (κ1) is 13.0. The average molecular weight is 275 g/mol. The van der Waals surface area contributed by atoms with Crippen LogP contribution in [0.3, 0.4) is 0 Å². The van der Waals surface area contributed by atoms with Crippen LogP contribution >= 0.6 is 11.3 Å². The van der Waals surface area contributed by atoms with E-state index >= 15 is 0 Å². The highest BCUT2D eigenvalue weighted by molar-refractivity contribution is 7.91. The molecule has 1 fully saturated rings. The molecule has 2 heterocycles. The quantitative estimate of drug-likeness (QED) is 0.852. The van der Waals surface area contributed by atoms with Crippen LogP contribution in [0, 0.1) is 0 Å². The van der Waals surface area contributed by atoms with E-state index in [4.69, 9.17) is 0 Å². The van der Waals surface area contributed by atoms with Gasteiger partial charge in [0.15, 0.2) is 9.84 Å². The lowest BCUT2D eigenvalue weighted by Gasteiger charge is -2.36. The zero-order valence-corrected chi connectivity index (χ0v) is 11.2. The van der Waals surface area contributed by atoms with E-state index < -0.39 is 15.4 Å². The molecule has 4 nitrogen and oxygen atoms in total. The molecule has 0 bridgehead atoms. The minimum Gasteiger partial charge on any atom is -0.394 e. The van der Waals surface area contributed by atoms with E-state index in [0.717, 1.165) is 4.88 Å². The van der Waals surface area contributed by atoms with Crippen molar-refractivity contribution in [2.45, 2.75) is 24.9 Å². The van der Waals surface area contributed by atoms with Crippen molar-refractivity contribution in [2.24, 2.45) is 0 Å². The van der Waals surface area contributed by atoms with Crippen molar-refractivity contribution in [3.05, 3.63) is 22.4 Å². The smallest absolute Gasteiger partial charge is 0.152 e. The highest BCUT2D eigenvalue weighted by atomic mass is 32.2. The van der Waals surface area contributed by atoms with Gasteiger partial charge in [-0.2, -0.15) is 0 Å². The standard InChI is InChI=1S/C11H17NO3S2/c13-8-11(4-2-6-17(14,15)9-11)12-7-10-3-1-5-16-10/h1,3,5,12-13H,2,4,6-9H2. The van der Waals surface area contributed by atoms with E-state index in [2.05, 4.69) is 5.32 Å². The van der Waals surface area contributed by atoms with Crippen LogP contribution in [-0.4, -0.2) is 37.2 Å². The molecule has 1 saturated heterocycles. The van der Waals surface area contributed by atoms with Crippen molar-refractivity contribution in [2.75, 3.05) is 18.1 Å². The van der Waals surface area contributed by atoms with Crippen LogP contribution in [0.2, 0.25) is 0 Å². The van der Waals surface area contributed by atoms with Gasteiger partial charge < -0.3 is 10.4 Å². The second-order valence-corrected chi connectivity index (χ2v) is 7.78. The summed E-state index contributed by atoms with van der Waals surface area (Å²) < 4.78 is 23.3. The third-order valence-electron chi connectivity index (χ3n) is 3.13. The molecule has 6 heteroatoms. The third-order valence-corrected chi connectivity index (χ3v) is 5.91. The molecule has 17 heavy (non-hydrogen) atoms. The lowest BCUT2D eigenvalue weighted by atomic mass is 9.96. The Labute approximate surface area is 106 Å². The maximum Gasteiger partial charge on any atom is 0.152 e. The molecule has 0 aliphatic carbocycles. The molecule has 0 saturated carbocycles. The second-order valence-electron chi connectivity index (χ2n) is 4.57. The maximum atomic E-state index is 11.6. The number of hydrogen-bond acceptors (Lipinski definition) is 5. The molecule has 1 aliphatic rings. The topological polar surface area (TPSA) is 66.4 Å². The minimum absolute atomic E-state index is 0.0435. The summed E-state index contributed by atoms with van der Waals surface area (Å²) in [7, 11) is -3.01. The molecule has 0 aromatic carbocycles. The lowest BCUT2D eigenvalue weighted by Crippen LogP contribution is -2.55. The predicted molar refractivity (Wildman–Crippen MR) is 68.9 cm³/mol. The zero-order valence-electron chi connectivity index (χ0n) is 9.55. The number of aliphatic hydroxyl groups excluding tert-OH is 1. The van der Waals surface area contributed by atoms with E-state index in [-0.39, 0.29) is 18.1 Å². The Bertz CT molecular complexity index is 455. The van der Waals surface area contributed by atoms with Gasteiger partial charge in [0.2, 0.25) is 0 Å². The molecule has 1 unspecified atom stereocenters. The number of thiophene rings is 1. The normalized spacial score (nSPS) is 28.1. The summed E-state index contributed by atoms with van der Waals surface area (Å²) in [4.78, 5) is 1.15. The van der Waals surface area contributed by atoms with Crippen LogP contribution in [-0.2, 0) is 16.4 Å². The van der Waals surface area contributed by atoms with Gasteiger partial charge in [-0.1, -0.05) is 6.07 Å². The van der Waals surface area contributed by atoms with E-state index in [0.29, 0.717) is 19.4 Å². The van der Waals surface area contributed by atoms with E-state index in [9.17, 15) is 13.5 Å². The third kappa shape index (κ3) is 3.28. The Morgan fingerprint density at radius 3 is 2.94 bits per heavy atom. The number of rotatable bonds is 4. The first-order chi connectivity index (χ1) is 8.05. The fourth-order valence-corrected chi connectivity index (χ4v) is 4.76. The monoisotopic (exact) mass is 275 g/mol. The Morgan fingerprint density at radius 2 is 2.35 bits per heavy atom. The molecule has 96 valence electrons. The largest absolute Gasteiger partial charge is 0.394 e. The van der Waals surface area contributed by atoms with Crippen LogP contribution in [0.1, 0.15) is 17.7 Å². The maximum absolute atomic E-state index is 11.6. The molecule has 0 amide bonds. The van der Waals surface area contributed by atoms with Crippen LogP contribution in [0.15, 0.2) is 17.5 Å². The van der Waals surface area contributed by atoms with Gasteiger partial charge in [0.25, 0.3) is 0 Å². The van der Waals surface area contributed by atoms with Gasteiger partial charge in [-0.25, -0.2) is 8.42 Å². The highest BCUT2D eigenvalue weighted by Crippen LogP contribution is 2.23. The molecule has 2 N–H and O–H groups in total. The van der Waals surface area contributed by atoms with Crippen LogP contribution in [0.25, 0.3) is 0 Å². The first-order valence-electron chi connectivity index (χ1n) is 5.64. The van der Waals surface area contributed by atoms with Gasteiger partial charge in [0, 0.05) is 11.4 Å².